The minimum atomic E-state index is 0.180. The van der Waals surface area contributed by atoms with Crippen LogP contribution in [0.4, 0.5) is 0 Å². The lowest BCUT2D eigenvalue weighted by molar-refractivity contribution is 0.0735. The quantitative estimate of drug-likeness (QED) is 0.835. The maximum atomic E-state index is 12.4. The molecular formula is C13H21N3O. The number of rotatable bonds is 2. The summed E-state index contributed by atoms with van der Waals surface area (Å²) in [4.78, 5) is 14.3. The third-order valence-corrected chi connectivity index (χ3v) is 3.52. The van der Waals surface area contributed by atoms with Crippen molar-refractivity contribution in [1.82, 2.24) is 14.8 Å². The van der Waals surface area contributed by atoms with Gasteiger partial charge in [0.15, 0.2) is 0 Å². The number of piperazine rings is 1. The highest BCUT2D eigenvalue weighted by Crippen LogP contribution is 2.17. The van der Waals surface area contributed by atoms with Gasteiger partial charge in [-0.25, -0.2) is 0 Å². The number of aryl methyl sites for hydroxylation is 1. The molecule has 2 rings (SSSR count). The Hall–Kier alpha value is -1.29. The van der Waals surface area contributed by atoms with Gasteiger partial charge in [0, 0.05) is 44.1 Å². The molecule has 1 aromatic rings. The minimum absolute atomic E-state index is 0.180. The molecule has 0 aliphatic carbocycles. The molecule has 1 amide bonds. The van der Waals surface area contributed by atoms with Gasteiger partial charge in [-0.05, 0) is 26.8 Å². The van der Waals surface area contributed by atoms with Crippen LogP contribution in [0.15, 0.2) is 6.07 Å². The van der Waals surface area contributed by atoms with E-state index in [1.807, 2.05) is 17.9 Å². The van der Waals surface area contributed by atoms with E-state index in [0.717, 1.165) is 44.0 Å². The van der Waals surface area contributed by atoms with Crippen LogP contribution in [0, 0.1) is 13.8 Å². The maximum Gasteiger partial charge on any atom is 0.255 e. The number of nitrogens with zero attached hydrogens (tertiary/aromatic N) is 2. The summed E-state index contributed by atoms with van der Waals surface area (Å²) in [6.45, 7) is 10.6. The van der Waals surface area contributed by atoms with Crippen LogP contribution in [-0.4, -0.2) is 41.6 Å². The van der Waals surface area contributed by atoms with E-state index in [1.54, 1.807) is 0 Å². The summed E-state index contributed by atoms with van der Waals surface area (Å²) >= 11 is 0. The first-order valence-corrected chi connectivity index (χ1v) is 6.32. The average Bonchev–Trinajstić information content (AvgIpc) is 2.64. The molecule has 1 aliphatic heterocycles. The molecule has 1 fully saturated rings. The predicted molar refractivity (Wildman–Crippen MR) is 68.4 cm³/mol. The largest absolute Gasteiger partial charge is 0.349 e. The van der Waals surface area contributed by atoms with Crippen LogP contribution in [0.25, 0.3) is 0 Å². The summed E-state index contributed by atoms with van der Waals surface area (Å²) < 4.78 is 2.19. The number of aromatic nitrogens is 1. The number of carbonyl (C=O) groups is 1. The molecule has 17 heavy (non-hydrogen) atoms. The molecule has 0 radical (unpaired) electrons. The first-order chi connectivity index (χ1) is 8.15. The third-order valence-electron chi connectivity index (χ3n) is 3.52. The van der Waals surface area contributed by atoms with Gasteiger partial charge >= 0.3 is 0 Å². The molecule has 1 aromatic heterocycles. The topological polar surface area (TPSA) is 37.3 Å². The summed E-state index contributed by atoms with van der Waals surface area (Å²) in [5, 5.41) is 3.26. The molecule has 0 unspecified atom stereocenters. The van der Waals surface area contributed by atoms with E-state index in [-0.39, 0.29) is 5.91 Å². The van der Waals surface area contributed by atoms with Crippen LogP contribution in [0.2, 0.25) is 0 Å². The first kappa shape index (κ1) is 12.2. The zero-order valence-corrected chi connectivity index (χ0v) is 10.9. The normalized spacial score (nSPS) is 16.3. The van der Waals surface area contributed by atoms with Gasteiger partial charge in [0.25, 0.3) is 5.91 Å². The van der Waals surface area contributed by atoms with Gasteiger partial charge in [-0.2, -0.15) is 0 Å². The smallest absolute Gasteiger partial charge is 0.255 e. The van der Waals surface area contributed by atoms with Crippen molar-refractivity contribution in [1.29, 1.82) is 0 Å². The molecule has 4 heteroatoms. The third kappa shape index (κ3) is 2.22. The highest BCUT2D eigenvalue weighted by molar-refractivity contribution is 5.95. The molecule has 1 aliphatic rings. The Morgan fingerprint density at radius 3 is 2.53 bits per heavy atom. The van der Waals surface area contributed by atoms with Crippen molar-refractivity contribution < 1.29 is 4.79 Å². The van der Waals surface area contributed by atoms with Crippen LogP contribution in [0.3, 0.4) is 0 Å². The maximum absolute atomic E-state index is 12.4. The number of amides is 1. The second kappa shape index (κ2) is 4.92. The van der Waals surface area contributed by atoms with E-state index in [2.05, 4.69) is 23.7 Å². The molecule has 94 valence electrons. The Morgan fingerprint density at radius 1 is 1.35 bits per heavy atom. The van der Waals surface area contributed by atoms with Crippen molar-refractivity contribution in [3.05, 3.63) is 23.0 Å². The molecule has 0 spiro atoms. The fraction of sp³-hybridized carbons (Fsp3) is 0.615. The Bertz CT molecular complexity index is 417. The number of carbonyl (C=O) groups excluding carboxylic acids is 1. The van der Waals surface area contributed by atoms with Gasteiger partial charge in [-0.15, -0.1) is 0 Å². The fourth-order valence-electron chi connectivity index (χ4n) is 2.54. The van der Waals surface area contributed by atoms with E-state index in [0.29, 0.717) is 0 Å². The Balaban J connectivity index is 2.24. The van der Waals surface area contributed by atoms with Crippen LogP contribution < -0.4 is 5.32 Å². The molecular weight excluding hydrogens is 214 g/mol. The van der Waals surface area contributed by atoms with E-state index in [1.165, 1.54) is 5.69 Å². The summed E-state index contributed by atoms with van der Waals surface area (Å²) in [7, 11) is 0. The molecule has 4 nitrogen and oxygen atoms in total. The predicted octanol–water partition coefficient (Wildman–Crippen LogP) is 1.17. The fourth-order valence-corrected chi connectivity index (χ4v) is 2.54. The summed E-state index contributed by atoms with van der Waals surface area (Å²) in [6, 6.07) is 2.02. The molecule has 0 bridgehead atoms. The second-order valence-electron chi connectivity index (χ2n) is 4.57. The van der Waals surface area contributed by atoms with E-state index in [4.69, 9.17) is 0 Å². The van der Waals surface area contributed by atoms with E-state index < -0.39 is 0 Å². The summed E-state index contributed by atoms with van der Waals surface area (Å²) in [5.74, 6) is 0.180. The van der Waals surface area contributed by atoms with Crippen molar-refractivity contribution in [3.8, 4) is 0 Å². The van der Waals surface area contributed by atoms with Crippen LogP contribution in [-0.2, 0) is 6.54 Å². The van der Waals surface area contributed by atoms with Crippen LogP contribution >= 0.6 is 0 Å². The van der Waals surface area contributed by atoms with Crippen LogP contribution in [0.5, 0.6) is 0 Å². The Kier molecular flexibility index (Phi) is 3.52. The SMILES string of the molecule is CCn1c(C)cc(C(=O)N2CCNCC2)c1C. The van der Waals surface area contributed by atoms with Crippen molar-refractivity contribution in [2.75, 3.05) is 26.2 Å². The van der Waals surface area contributed by atoms with Crippen molar-refractivity contribution >= 4 is 5.91 Å². The average molecular weight is 235 g/mol. The van der Waals surface area contributed by atoms with Crippen LogP contribution in [0.1, 0.15) is 28.7 Å². The van der Waals surface area contributed by atoms with Crippen molar-refractivity contribution in [3.63, 3.8) is 0 Å². The van der Waals surface area contributed by atoms with Gasteiger partial charge in [-0.3, -0.25) is 4.79 Å². The van der Waals surface area contributed by atoms with Crippen molar-refractivity contribution in [2.45, 2.75) is 27.3 Å². The van der Waals surface area contributed by atoms with Gasteiger partial charge in [0.2, 0.25) is 0 Å². The molecule has 0 atom stereocenters. The van der Waals surface area contributed by atoms with E-state index >= 15 is 0 Å². The zero-order valence-electron chi connectivity index (χ0n) is 10.9. The van der Waals surface area contributed by atoms with Gasteiger partial charge < -0.3 is 14.8 Å². The summed E-state index contributed by atoms with van der Waals surface area (Å²) in [5.41, 5.74) is 3.13. The lowest BCUT2D eigenvalue weighted by Crippen LogP contribution is -2.46. The standard InChI is InChI=1S/C13H21N3O/c1-4-16-10(2)9-12(11(16)3)13(17)15-7-5-14-6-8-15/h9,14H,4-8H2,1-3H3. The second-order valence-corrected chi connectivity index (χ2v) is 4.57. The monoisotopic (exact) mass is 235 g/mol. The number of hydrogen-bond donors (Lipinski definition) is 1. The molecule has 1 saturated heterocycles. The zero-order chi connectivity index (χ0) is 12.4. The highest BCUT2D eigenvalue weighted by Gasteiger charge is 2.21. The molecule has 0 aromatic carbocycles. The highest BCUT2D eigenvalue weighted by atomic mass is 16.2. The minimum Gasteiger partial charge on any atom is -0.349 e. The molecule has 2 heterocycles. The number of hydrogen-bond acceptors (Lipinski definition) is 2. The molecule has 1 N–H and O–H groups in total. The van der Waals surface area contributed by atoms with Gasteiger partial charge in [-0.1, -0.05) is 0 Å². The Morgan fingerprint density at radius 2 is 2.00 bits per heavy atom. The Labute approximate surface area is 103 Å². The lowest BCUT2D eigenvalue weighted by atomic mass is 10.2. The number of nitrogens with one attached hydrogen (secondary N) is 1. The van der Waals surface area contributed by atoms with Gasteiger partial charge in [0.05, 0.1) is 5.56 Å². The molecule has 0 saturated carbocycles. The van der Waals surface area contributed by atoms with E-state index in [9.17, 15) is 4.79 Å². The summed E-state index contributed by atoms with van der Waals surface area (Å²) in [6.07, 6.45) is 0. The first-order valence-electron chi connectivity index (χ1n) is 6.32. The van der Waals surface area contributed by atoms with Gasteiger partial charge in [0.1, 0.15) is 0 Å². The van der Waals surface area contributed by atoms with Crippen molar-refractivity contribution in [2.24, 2.45) is 0 Å². The lowest BCUT2D eigenvalue weighted by Gasteiger charge is -2.27.